The molecule has 3 nitrogen and oxygen atoms in total. The van der Waals surface area contributed by atoms with Gasteiger partial charge >= 0.3 is 0 Å². The summed E-state index contributed by atoms with van der Waals surface area (Å²) >= 11 is 0. The van der Waals surface area contributed by atoms with Crippen LogP contribution in [0.1, 0.15) is 34.5 Å². The summed E-state index contributed by atoms with van der Waals surface area (Å²) in [5, 5.41) is 0. The Morgan fingerprint density at radius 3 is 2.44 bits per heavy atom. The predicted molar refractivity (Wildman–Crippen MR) is 103 cm³/mol. The lowest BCUT2D eigenvalue weighted by molar-refractivity contribution is 0.0992. The van der Waals surface area contributed by atoms with Crippen molar-refractivity contribution in [2.45, 2.75) is 19.4 Å². The highest BCUT2D eigenvalue weighted by Gasteiger charge is 2.11. The molecule has 0 aliphatic rings. The van der Waals surface area contributed by atoms with Crippen LogP contribution in [0.4, 0.5) is 10.1 Å². The summed E-state index contributed by atoms with van der Waals surface area (Å²) in [7, 11) is 0. The molecular formula is C23H18FNO2. The number of benzene rings is 3. The van der Waals surface area contributed by atoms with E-state index in [1.54, 1.807) is 60.7 Å². The second-order valence-electron chi connectivity index (χ2n) is 6.22. The summed E-state index contributed by atoms with van der Waals surface area (Å²) in [5.74, 6) is 0.273. The molecule has 0 radical (unpaired) electrons. The first kappa shape index (κ1) is 18.3. The Balaban J connectivity index is 1.69. The van der Waals surface area contributed by atoms with Gasteiger partial charge in [-0.2, -0.15) is 0 Å². The van der Waals surface area contributed by atoms with Gasteiger partial charge in [0, 0.05) is 12.0 Å². The average Bonchev–Trinajstić information content (AvgIpc) is 2.69. The molecular weight excluding hydrogens is 341 g/mol. The number of carbonyl (C=O) groups excluding carboxylic acids is 1. The Morgan fingerprint density at radius 1 is 1.07 bits per heavy atom. The van der Waals surface area contributed by atoms with Crippen LogP contribution in [0.2, 0.25) is 0 Å². The molecule has 0 saturated heterocycles. The topological polar surface area (TPSA) is 30.7 Å². The summed E-state index contributed by atoms with van der Waals surface area (Å²) in [6.07, 6.45) is -0.00738. The molecule has 3 rings (SSSR count). The van der Waals surface area contributed by atoms with E-state index in [0.29, 0.717) is 17.0 Å². The van der Waals surface area contributed by atoms with Crippen LogP contribution in [0.5, 0.6) is 5.75 Å². The van der Waals surface area contributed by atoms with Gasteiger partial charge in [0.15, 0.2) is 11.5 Å². The lowest BCUT2D eigenvalue weighted by Gasteiger charge is -2.15. The smallest absolute Gasteiger partial charge is 0.187 e. The predicted octanol–water partition coefficient (Wildman–Crippen LogP) is 5.94. The van der Waals surface area contributed by atoms with Gasteiger partial charge in [0.2, 0.25) is 0 Å². The minimum absolute atomic E-state index is 0.0227. The SMILES string of the molecule is [C-]#[N+]c1ccc(CC(=O)c2cccc(O[C@@H](C)c3ccc(F)cc3)c2)cc1. The molecule has 0 N–H and O–H groups in total. The van der Waals surface area contributed by atoms with Crippen LogP contribution >= 0.6 is 0 Å². The second-order valence-corrected chi connectivity index (χ2v) is 6.22. The molecule has 27 heavy (non-hydrogen) atoms. The van der Waals surface area contributed by atoms with E-state index in [1.165, 1.54) is 12.1 Å². The minimum Gasteiger partial charge on any atom is -0.486 e. The molecule has 0 aliphatic carbocycles. The van der Waals surface area contributed by atoms with Gasteiger partial charge in [-0.05, 0) is 42.3 Å². The van der Waals surface area contributed by atoms with E-state index in [4.69, 9.17) is 11.3 Å². The zero-order chi connectivity index (χ0) is 19.2. The van der Waals surface area contributed by atoms with Crippen LogP contribution in [-0.2, 0) is 6.42 Å². The van der Waals surface area contributed by atoms with Gasteiger partial charge < -0.3 is 4.74 Å². The maximum Gasteiger partial charge on any atom is 0.187 e. The summed E-state index contributed by atoms with van der Waals surface area (Å²) < 4.78 is 19.0. The van der Waals surface area contributed by atoms with E-state index < -0.39 is 0 Å². The number of ketones is 1. The van der Waals surface area contributed by atoms with Crippen molar-refractivity contribution in [3.63, 3.8) is 0 Å². The van der Waals surface area contributed by atoms with Crippen LogP contribution in [0, 0.1) is 12.4 Å². The Bertz CT molecular complexity index is 973. The molecule has 0 spiro atoms. The number of hydrogen-bond donors (Lipinski definition) is 0. The zero-order valence-corrected chi connectivity index (χ0v) is 14.9. The van der Waals surface area contributed by atoms with Crippen molar-refractivity contribution in [2.24, 2.45) is 0 Å². The van der Waals surface area contributed by atoms with Crippen molar-refractivity contribution in [1.29, 1.82) is 0 Å². The van der Waals surface area contributed by atoms with Gasteiger partial charge in [-0.3, -0.25) is 4.79 Å². The highest BCUT2D eigenvalue weighted by atomic mass is 19.1. The van der Waals surface area contributed by atoms with Crippen molar-refractivity contribution in [3.8, 4) is 5.75 Å². The van der Waals surface area contributed by atoms with Crippen molar-refractivity contribution in [2.75, 3.05) is 0 Å². The largest absolute Gasteiger partial charge is 0.486 e. The first-order valence-electron chi connectivity index (χ1n) is 8.57. The van der Waals surface area contributed by atoms with E-state index in [2.05, 4.69) is 4.85 Å². The number of halogens is 1. The number of nitrogens with zero attached hydrogens (tertiary/aromatic N) is 1. The molecule has 3 aromatic rings. The van der Waals surface area contributed by atoms with Crippen LogP contribution in [0.25, 0.3) is 4.85 Å². The molecule has 0 aromatic heterocycles. The van der Waals surface area contributed by atoms with E-state index in [0.717, 1.165) is 11.1 Å². The number of Topliss-reactive ketones (excluding diaryl/α,β-unsaturated/α-hetero) is 1. The highest BCUT2D eigenvalue weighted by Crippen LogP contribution is 2.23. The third-order valence-electron chi connectivity index (χ3n) is 4.24. The van der Waals surface area contributed by atoms with Crippen LogP contribution < -0.4 is 4.74 Å². The summed E-state index contributed by atoms with van der Waals surface area (Å²) in [4.78, 5) is 15.9. The Morgan fingerprint density at radius 2 is 1.78 bits per heavy atom. The molecule has 134 valence electrons. The van der Waals surface area contributed by atoms with Crippen molar-refractivity contribution < 1.29 is 13.9 Å². The van der Waals surface area contributed by atoms with Crippen LogP contribution in [-0.4, -0.2) is 5.78 Å². The molecule has 0 aliphatic heterocycles. The van der Waals surface area contributed by atoms with Gasteiger partial charge in [0.05, 0.1) is 6.57 Å². The minimum atomic E-state index is -0.289. The third kappa shape index (κ3) is 4.80. The number of rotatable bonds is 6. The van der Waals surface area contributed by atoms with Gasteiger partial charge in [0.25, 0.3) is 0 Å². The molecule has 0 saturated carbocycles. The fourth-order valence-corrected chi connectivity index (χ4v) is 2.72. The first-order chi connectivity index (χ1) is 13.0. The van der Waals surface area contributed by atoms with E-state index in [-0.39, 0.29) is 24.1 Å². The molecule has 3 aromatic carbocycles. The Hall–Kier alpha value is -3.45. The number of ether oxygens (including phenoxy) is 1. The average molecular weight is 359 g/mol. The van der Waals surface area contributed by atoms with E-state index >= 15 is 0 Å². The fourth-order valence-electron chi connectivity index (χ4n) is 2.72. The quantitative estimate of drug-likeness (QED) is 0.403. The zero-order valence-electron chi connectivity index (χ0n) is 14.9. The molecule has 0 bridgehead atoms. The molecule has 0 unspecified atom stereocenters. The third-order valence-corrected chi connectivity index (χ3v) is 4.24. The van der Waals surface area contributed by atoms with Crippen molar-refractivity contribution in [1.82, 2.24) is 0 Å². The molecule has 4 heteroatoms. The standard InChI is InChI=1S/C23H18FNO2/c1-16(18-8-10-20(24)11-9-18)27-22-5-3-4-19(15-22)23(26)14-17-6-12-21(25-2)13-7-17/h3-13,15-16H,14H2,1H3/t16-/m0/s1. The van der Waals surface area contributed by atoms with Gasteiger partial charge in [-0.1, -0.05) is 48.5 Å². The van der Waals surface area contributed by atoms with E-state index in [9.17, 15) is 9.18 Å². The normalized spacial score (nSPS) is 11.4. The monoisotopic (exact) mass is 359 g/mol. The maximum absolute atomic E-state index is 13.0. The van der Waals surface area contributed by atoms with Gasteiger partial charge in [-0.25, -0.2) is 9.24 Å². The van der Waals surface area contributed by atoms with Crippen molar-refractivity contribution in [3.05, 3.63) is 107 Å². The van der Waals surface area contributed by atoms with Gasteiger partial charge in [0.1, 0.15) is 17.7 Å². The van der Waals surface area contributed by atoms with Crippen LogP contribution in [0.3, 0.4) is 0 Å². The second kappa shape index (κ2) is 8.29. The number of carbonyl (C=O) groups is 1. The summed E-state index contributed by atoms with van der Waals surface area (Å²) in [6.45, 7) is 8.84. The molecule has 1 atom stereocenters. The highest BCUT2D eigenvalue weighted by molar-refractivity contribution is 5.97. The van der Waals surface area contributed by atoms with E-state index in [1.807, 2.05) is 6.92 Å². The molecule has 0 amide bonds. The van der Waals surface area contributed by atoms with Gasteiger partial charge in [-0.15, -0.1) is 0 Å². The Kier molecular flexibility index (Phi) is 5.63. The molecule has 0 heterocycles. The fraction of sp³-hybridized carbons (Fsp3) is 0.130. The Labute approximate surface area is 157 Å². The first-order valence-corrected chi connectivity index (χ1v) is 8.57. The summed E-state index contributed by atoms with van der Waals surface area (Å²) in [5.41, 5.74) is 2.83. The molecule has 0 fully saturated rings. The van der Waals surface area contributed by atoms with Crippen LogP contribution in [0.15, 0.2) is 72.8 Å². The summed E-state index contributed by atoms with van der Waals surface area (Å²) in [6, 6.07) is 20.2. The van der Waals surface area contributed by atoms with Crippen molar-refractivity contribution >= 4 is 11.5 Å². The lowest BCUT2D eigenvalue weighted by atomic mass is 10.0. The lowest BCUT2D eigenvalue weighted by Crippen LogP contribution is -2.06. The number of hydrogen-bond acceptors (Lipinski definition) is 2. The maximum atomic E-state index is 13.0.